The molecule has 19 heavy (non-hydrogen) atoms. The van der Waals surface area contributed by atoms with Crippen molar-refractivity contribution in [2.24, 2.45) is 0 Å². The lowest BCUT2D eigenvalue weighted by molar-refractivity contribution is -0.384. The zero-order valence-electron chi connectivity index (χ0n) is 10.3. The second kappa shape index (κ2) is 5.04. The normalized spacial score (nSPS) is 18.4. The Bertz CT molecular complexity index is 521. The number of carbonyl (C=O) groups excluding carboxylic acids is 1. The predicted octanol–water partition coefficient (Wildman–Crippen LogP) is 0.109. The minimum absolute atomic E-state index is 0.205. The molecule has 0 bridgehead atoms. The fraction of sp³-hybridized carbons (Fsp3) is 0.500. The molecule has 2 rings (SSSR count). The van der Waals surface area contributed by atoms with E-state index in [1.54, 1.807) is 4.90 Å². The van der Waals surface area contributed by atoms with Crippen LogP contribution in [0.1, 0.15) is 12.8 Å². The van der Waals surface area contributed by atoms with E-state index in [0.717, 1.165) is 12.6 Å². The van der Waals surface area contributed by atoms with Crippen molar-refractivity contribution < 1.29 is 14.5 Å². The maximum Gasteiger partial charge on any atom is 0.329 e. The Balaban J connectivity index is 2.29. The highest BCUT2D eigenvalue weighted by molar-refractivity contribution is 5.80. The van der Waals surface area contributed by atoms with Crippen molar-refractivity contribution in [2.45, 2.75) is 18.9 Å². The molecular formula is C10H13N5O4. The van der Waals surface area contributed by atoms with Crippen molar-refractivity contribution in [1.29, 1.82) is 0 Å². The third-order valence-electron chi connectivity index (χ3n) is 2.96. The molecule has 2 heterocycles. The van der Waals surface area contributed by atoms with E-state index in [0.29, 0.717) is 13.0 Å². The van der Waals surface area contributed by atoms with E-state index in [2.05, 4.69) is 9.97 Å². The maximum atomic E-state index is 11.6. The summed E-state index contributed by atoms with van der Waals surface area (Å²) in [7, 11) is 1.31. The summed E-state index contributed by atoms with van der Waals surface area (Å²) in [5.41, 5.74) is 5.16. The van der Waals surface area contributed by atoms with Crippen molar-refractivity contribution in [2.75, 3.05) is 24.3 Å². The van der Waals surface area contributed by atoms with Gasteiger partial charge in [-0.15, -0.1) is 0 Å². The zero-order chi connectivity index (χ0) is 14.0. The van der Waals surface area contributed by atoms with E-state index in [1.165, 1.54) is 7.11 Å². The van der Waals surface area contributed by atoms with E-state index in [4.69, 9.17) is 10.5 Å². The molecule has 0 aliphatic carbocycles. The first-order valence-corrected chi connectivity index (χ1v) is 5.66. The topological polar surface area (TPSA) is 124 Å². The van der Waals surface area contributed by atoms with Gasteiger partial charge in [-0.1, -0.05) is 0 Å². The van der Waals surface area contributed by atoms with Gasteiger partial charge in [0.1, 0.15) is 12.2 Å². The number of ether oxygens (including phenoxy) is 1. The summed E-state index contributed by atoms with van der Waals surface area (Å²) in [5, 5.41) is 10.6. The molecule has 1 saturated heterocycles. The highest BCUT2D eigenvalue weighted by atomic mass is 16.6. The summed E-state index contributed by atoms with van der Waals surface area (Å²) in [6.45, 7) is 0.580. The van der Waals surface area contributed by atoms with Crippen LogP contribution in [-0.4, -0.2) is 40.6 Å². The number of methoxy groups -OCH3 is 1. The highest BCUT2D eigenvalue weighted by Gasteiger charge is 2.33. The number of nitro groups is 1. The van der Waals surface area contributed by atoms with E-state index in [9.17, 15) is 14.9 Å². The van der Waals surface area contributed by atoms with Crippen LogP contribution in [0.3, 0.4) is 0 Å². The molecule has 1 fully saturated rings. The monoisotopic (exact) mass is 267 g/mol. The minimum Gasteiger partial charge on any atom is -0.467 e. The number of esters is 1. The van der Waals surface area contributed by atoms with Gasteiger partial charge < -0.3 is 15.4 Å². The first-order valence-electron chi connectivity index (χ1n) is 5.66. The fourth-order valence-electron chi connectivity index (χ4n) is 2.05. The third kappa shape index (κ3) is 2.39. The van der Waals surface area contributed by atoms with Crippen LogP contribution < -0.4 is 10.6 Å². The van der Waals surface area contributed by atoms with Crippen LogP contribution in [0.15, 0.2) is 6.20 Å². The highest BCUT2D eigenvalue weighted by Crippen LogP contribution is 2.26. The number of anilines is 2. The van der Waals surface area contributed by atoms with Crippen molar-refractivity contribution in [1.82, 2.24) is 9.97 Å². The molecule has 1 aromatic rings. The number of hydrogen-bond acceptors (Lipinski definition) is 8. The Morgan fingerprint density at radius 3 is 3.00 bits per heavy atom. The molecule has 0 radical (unpaired) electrons. The summed E-state index contributed by atoms with van der Waals surface area (Å²) >= 11 is 0. The molecule has 9 heteroatoms. The summed E-state index contributed by atoms with van der Waals surface area (Å²) < 4.78 is 4.70. The molecule has 0 unspecified atom stereocenters. The van der Waals surface area contributed by atoms with Crippen molar-refractivity contribution in [3.05, 3.63) is 16.3 Å². The summed E-state index contributed by atoms with van der Waals surface area (Å²) in [4.78, 5) is 31.0. The summed E-state index contributed by atoms with van der Waals surface area (Å²) in [6.07, 6.45) is 2.47. The van der Waals surface area contributed by atoms with Gasteiger partial charge in [0.25, 0.3) is 0 Å². The lowest BCUT2D eigenvalue weighted by Gasteiger charge is -2.22. The smallest absolute Gasteiger partial charge is 0.329 e. The Kier molecular flexibility index (Phi) is 3.45. The lowest BCUT2D eigenvalue weighted by Crippen LogP contribution is -2.38. The number of nitrogens with two attached hydrogens (primary N) is 1. The number of carbonyl (C=O) groups is 1. The van der Waals surface area contributed by atoms with Crippen LogP contribution in [0.5, 0.6) is 0 Å². The molecule has 1 aliphatic heterocycles. The predicted molar refractivity (Wildman–Crippen MR) is 65.5 cm³/mol. The van der Waals surface area contributed by atoms with Crippen molar-refractivity contribution in [3.8, 4) is 0 Å². The zero-order valence-corrected chi connectivity index (χ0v) is 10.3. The van der Waals surface area contributed by atoms with Gasteiger partial charge in [0, 0.05) is 6.54 Å². The molecule has 102 valence electrons. The average Bonchev–Trinajstić information content (AvgIpc) is 2.86. The molecule has 0 spiro atoms. The summed E-state index contributed by atoms with van der Waals surface area (Å²) in [5.74, 6) is -0.389. The molecule has 1 aliphatic rings. The Labute approximate surface area is 108 Å². The van der Waals surface area contributed by atoms with Gasteiger partial charge in [-0.25, -0.2) is 9.78 Å². The second-order valence-electron chi connectivity index (χ2n) is 4.07. The molecule has 1 aromatic heterocycles. The van der Waals surface area contributed by atoms with Crippen LogP contribution >= 0.6 is 0 Å². The second-order valence-corrected chi connectivity index (χ2v) is 4.07. The van der Waals surface area contributed by atoms with Gasteiger partial charge in [-0.2, -0.15) is 4.98 Å². The van der Waals surface area contributed by atoms with Crippen LogP contribution in [0.4, 0.5) is 17.5 Å². The average molecular weight is 267 g/mol. The number of rotatable bonds is 3. The maximum absolute atomic E-state index is 11.6. The fourth-order valence-corrected chi connectivity index (χ4v) is 2.05. The van der Waals surface area contributed by atoms with E-state index < -0.39 is 11.0 Å². The van der Waals surface area contributed by atoms with Gasteiger partial charge >= 0.3 is 11.7 Å². The van der Waals surface area contributed by atoms with Crippen LogP contribution in [0.2, 0.25) is 0 Å². The molecule has 0 saturated carbocycles. The number of aromatic nitrogens is 2. The molecular weight excluding hydrogens is 254 g/mol. The van der Waals surface area contributed by atoms with Crippen molar-refractivity contribution in [3.63, 3.8) is 0 Å². The Morgan fingerprint density at radius 1 is 1.68 bits per heavy atom. The third-order valence-corrected chi connectivity index (χ3v) is 2.96. The largest absolute Gasteiger partial charge is 0.467 e. The molecule has 1 atom stereocenters. The standard InChI is InChI=1S/C10H13N5O4/c1-19-9(16)6-3-2-4-14(6)10-12-5-7(15(17)18)8(11)13-10/h5-6H,2-4H2,1H3,(H2,11,12,13)/t6-/m1/s1. The van der Waals surface area contributed by atoms with E-state index >= 15 is 0 Å². The van der Waals surface area contributed by atoms with Crippen LogP contribution in [-0.2, 0) is 9.53 Å². The Morgan fingerprint density at radius 2 is 2.42 bits per heavy atom. The first-order chi connectivity index (χ1) is 9.04. The van der Waals surface area contributed by atoms with Crippen LogP contribution in [0, 0.1) is 10.1 Å². The van der Waals surface area contributed by atoms with E-state index in [-0.39, 0.29) is 23.4 Å². The molecule has 0 aromatic carbocycles. The summed E-state index contributed by atoms with van der Waals surface area (Å²) in [6, 6.07) is -0.467. The minimum atomic E-state index is -0.652. The van der Waals surface area contributed by atoms with Gasteiger partial charge in [0.2, 0.25) is 11.8 Å². The van der Waals surface area contributed by atoms with Gasteiger partial charge in [0.15, 0.2) is 0 Å². The van der Waals surface area contributed by atoms with Crippen LogP contribution in [0.25, 0.3) is 0 Å². The Hall–Kier alpha value is -2.45. The van der Waals surface area contributed by atoms with Gasteiger partial charge in [-0.05, 0) is 12.8 Å². The SMILES string of the molecule is COC(=O)[C@H]1CCCN1c1ncc([N+](=O)[O-])c(N)n1. The first kappa shape index (κ1) is 13.0. The van der Waals surface area contributed by atoms with Crippen molar-refractivity contribution >= 4 is 23.4 Å². The number of nitrogens with zero attached hydrogens (tertiary/aromatic N) is 4. The molecule has 2 N–H and O–H groups in total. The number of nitrogen functional groups attached to an aromatic ring is 1. The van der Waals surface area contributed by atoms with Gasteiger partial charge in [-0.3, -0.25) is 10.1 Å². The molecule has 0 amide bonds. The number of hydrogen-bond donors (Lipinski definition) is 1. The quantitative estimate of drug-likeness (QED) is 0.464. The lowest BCUT2D eigenvalue weighted by atomic mass is 10.2. The van der Waals surface area contributed by atoms with E-state index in [1.807, 2.05) is 0 Å². The molecule has 9 nitrogen and oxygen atoms in total. The van der Waals surface area contributed by atoms with Gasteiger partial charge in [0.05, 0.1) is 12.0 Å².